The van der Waals surface area contributed by atoms with Gasteiger partial charge in [-0.05, 0) is 31.5 Å². The Morgan fingerprint density at radius 2 is 1.55 bits per heavy atom. The molecule has 0 saturated heterocycles. The van der Waals surface area contributed by atoms with Crippen LogP contribution in [0.4, 0.5) is 0 Å². The molecule has 0 aromatic heterocycles. The normalized spacial score (nSPS) is 12.1. The van der Waals surface area contributed by atoms with Crippen molar-refractivity contribution in [2.24, 2.45) is 5.73 Å². The molecule has 0 heterocycles. The van der Waals surface area contributed by atoms with Gasteiger partial charge in [0, 0.05) is 12.1 Å². The van der Waals surface area contributed by atoms with Crippen LogP contribution in [-0.4, -0.2) is 18.9 Å². The van der Waals surface area contributed by atoms with Gasteiger partial charge in [-0.15, -0.1) is 0 Å². The predicted octanol–water partition coefficient (Wildman–Crippen LogP) is 2.58. The molecule has 0 radical (unpaired) electrons. The van der Waals surface area contributed by atoms with Crippen molar-refractivity contribution in [1.82, 2.24) is 0 Å². The van der Waals surface area contributed by atoms with Gasteiger partial charge in [0.25, 0.3) is 0 Å². The summed E-state index contributed by atoms with van der Waals surface area (Å²) in [6.07, 6.45) is 0. The van der Waals surface area contributed by atoms with Crippen LogP contribution in [0.3, 0.4) is 0 Å². The number of carbonyl (C=O) groups excluding carboxylic acids is 1. The minimum absolute atomic E-state index is 0.124. The molecule has 0 aliphatic carbocycles. The maximum atomic E-state index is 12.8. The molecule has 0 spiro atoms. The summed E-state index contributed by atoms with van der Waals surface area (Å²) in [5, 5.41) is 0. The first kappa shape index (κ1) is 16.4. The molecule has 22 heavy (non-hydrogen) atoms. The van der Waals surface area contributed by atoms with E-state index in [9.17, 15) is 13.2 Å². The zero-order valence-corrected chi connectivity index (χ0v) is 13.4. The fourth-order valence-corrected chi connectivity index (χ4v) is 3.60. The highest BCUT2D eigenvalue weighted by Gasteiger charge is 2.42. The van der Waals surface area contributed by atoms with E-state index in [2.05, 4.69) is 0 Å². The van der Waals surface area contributed by atoms with Crippen LogP contribution in [0, 0.1) is 0 Å². The summed E-state index contributed by atoms with van der Waals surface area (Å²) in [4.78, 5) is 12.7. The number of carbonyl (C=O) groups is 1. The molecule has 0 aliphatic heterocycles. The van der Waals surface area contributed by atoms with Crippen molar-refractivity contribution in [3.63, 3.8) is 0 Å². The lowest BCUT2D eigenvalue weighted by molar-refractivity contribution is 0.0953. The Hall–Kier alpha value is -1.98. The summed E-state index contributed by atoms with van der Waals surface area (Å²) in [6, 6.07) is 14.8. The van der Waals surface area contributed by atoms with Crippen LogP contribution in [0.5, 0.6) is 0 Å². The van der Waals surface area contributed by atoms with E-state index >= 15 is 0 Å². The van der Waals surface area contributed by atoms with Gasteiger partial charge in [0.15, 0.2) is 15.6 Å². The molecule has 2 aromatic rings. The molecule has 0 saturated carbocycles. The number of rotatable bonds is 5. The van der Waals surface area contributed by atoms with Crippen molar-refractivity contribution in [3.8, 4) is 0 Å². The molecular weight excluding hydrogens is 298 g/mol. The summed E-state index contributed by atoms with van der Waals surface area (Å²) in [6.45, 7) is 3.22. The first-order valence-electron chi connectivity index (χ1n) is 6.94. The number of Topliss-reactive ketones (excluding diaryl/α,β-unsaturated/α-hetero) is 1. The van der Waals surface area contributed by atoms with Crippen molar-refractivity contribution in [2.45, 2.75) is 30.0 Å². The van der Waals surface area contributed by atoms with Crippen molar-refractivity contribution in [3.05, 3.63) is 65.7 Å². The Morgan fingerprint density at radius 3 is 2.05 bits per heavy atom. The van der Waals surface area contributed by atoms with E-state index < -0.39 is 20.4 Å². The van der Waals surface area contributed by atoms with Gasteiger partial charge in [-0.3, -0.25) is 4.79 Å². The average molecular weight is 317 g/mol. The fraction of sp³-hybridized carbons (Fsp3) is 0.235. The van der Waals surface area contributed by atoms with Crippen LogP contribution in [-0.2, 0) is 16.4 Å². The van der Waals surface area contributed by atoms with E-state index in [1.807, 2.05) is 0 Å². The number of hydrogen-bond acceptors (Lipinski definition) is 4. The van der Waals surface area contributed by atoms with Crippen LogP contribution in [0.2, 0.25) is 0 Å². The topological polar surface area (TPSA) is 77.2 Å². The highest BCUT2D eigenvalue weighted by Crippen LogP contribution is 2.29. The van der Waals surface area contributed by atoms with Gasteiger partial charge in [0.05, 0.1) is 4.90 Å². The fourth-order valence-electron chi connectivity index (χ4n) is 2.16. The molecule has 0 aliphatic rings. The zero-order chi connectivity index (χ0) is 16.4. The van der Waals surface area contributed by atoms with Gasteiger partial charge >= 0.3 is 0 Å². The summed E-state index contributed by atoms with van der Waals surface area (Å²) >= 11 is 0. The largest absolute Gasteiger partial charge is 0.326 e. The van der Waals surface area contributed by atoms with E-state index in [4.69, 9.17) is 5.73 Å². The molecule has 0 fully saturated rings. The SMILES string of the molecule is CC(C)(C(=O)c1ccccc1)S(=O)(=O)c1ccc(CN)cc1. The second-order valence-electron chi connectivity index (χ2n) is 5.56. The number of ketones is 1. The first-order chi connectivity index (χ1) is 10.3. The zero-order valence-electron chi connectivity index (χ0n) is 12.6. The summed E-state index contributed by atoms with van der Waals surface area (Å²) in [7, 11) is -3.80. The van der Waals surface area contributed by atoms with Crippen LogP contribution < -0.4 is 5.73 Å². The van der Waals surface area contributed by atoms with Crippen molar-refractivity contribution in [1.29, 1.82) is 0 Å². The molecule has 4 nitrogen and oxygen atoms in total. The van der Waals surface area contributed by atoms with Crippen LogP contribution in [0.25, 0.3) is 0 Å². The Balaban J connectivity index is 2.44. The highest BCUT2D eigenvalue weighted by atomic mass is 32.2. The lowest BCUT2D eigenvalue weighted by Gasteiger charge is -2.23. The van der Waals surface area contributed by atoms with E-state index in [0.717, 1.165) is 5.56 Å². The minimum Gasteiger partial charge on any atom is -0.326 e. The molecule has 2 rings (SSSR count). The molecule has 0 amide bonds. The quantitative estimate of drug-likeness (QED) is 0.860. The summed E-state index contributed by atoms with van der Waals surface area (Å²) in [5.41, 5.74) is 6.74. The van der Waals surface area contributed by atoms with Gasteiger partial charge in [0.1, 0.15) is 4.75 Å². The Labute approximate surface area is 130 Å². The Morgan fingerprint density at radius 1 is 1.00 bits per heavy atom. The molecule has 2 N–H and O–H groups in total. The van der Waals surface area contributed by atoms with E-state index in [0.29, 0.717) is 12.1 Å². The van der Waals surface area contributed by atoms with Gasteiger partial charge in [-0.25, -0.2) is 8.42 Å². The van der Waals surface area contributed by atoms with E-state index in [1.54, 1.807) is 42.5 Å². The van der Waals surface area contributed by atoms with Gasteiger partial charge in [-0.2, -0.15) is 0 Å². The summed E-state index contributed by atoms with van der Waals surface area (Å²) < 4.78 is 24.1. The van der Waals surface area contributed by atoms with Gasteiger partial charge in [0.2, 0.25) is 0 Å². The third kappa shape index (κ3) is 2.82. The van der Waals surface area contributed by atoms with Crippen LogP contribution >= 0.6 is 0 Å². The van der Waals surface area contributed by atoms with Crippen LogP contribution in [0.1, 0.15) is 29.8 Å². The molecule has 5 heteroatoms. The molecular formula is C17H19NO3S. The second-order valence-corrected chi connectivity index (χ2v) is 8.06. The Kier molecular flexibility index (Phi) is 4.49. The minimum atomic E-state index is -3.80. The number of nitrogens with two attached hydrogens (primary N) is 1. The van der Waals surface area contributed by atoms with Gasteiger partial charge < -0.3 is 5.73 Å². The van der Waals surface area contributed by atoms with Crippen molar-refractivity contribution < 1.29 is 13.2 Å². The number of hydrogen-bond donors (Lipinski definition) is 1. The predicted molar refractivity (Wildman–Crippen MR) is 86.4 cm³/mol. The maximum absolute atomic E-state index is 12.8. The average Bonchev–Trinajstić information content (AvgIpc) is 2.54. The van der Waals surface area contributed by atoms with Crippen molar-refractivity contribution >= 4 is 15.6 Å². The monoisotopic (exact) mass is 317 g/mol. The molecule has 2 aromatic carbocycles. The molecule has 116 valence electrons. The van der Waals surface area contributed by atoms with E-state index in [-0.39, 0.29) is 4.90 Å². The van der Waals surface area contributed by atoms with Crippen molar-refractivity contribution in [2.75, 3.05) is 0 Å². The lowest BCUT2D eigenvalue weighted by Crippen LogP contribution is -2.40. The number of sulfone groups is 1. The standard InChI is InChI=1S/C17H19NO3S/c1-17(2,16(19)14-6-4-3-5-7-14)22(20,21)15-10-8-13(12-18)9-11-15/h3-11H,12,18H2,1-2H3. The molecule has 0 atom stereocenters. The highest BCUT2D eigenvalue weighted by molar-refractivity contribution is 7.93. The lowest BCUT2D eigenvalue weighted by atomic mass is 10.0. The third-order valence-electron chi connectivity index (χ3n) is 3.72. The Bertz CT molecular complexity index is 763. The smallest absolute Gasteiger partial charge is 0.190 e. The molecule has 0 bridgehead atoms. The first-order valence-corrected chi connectivity index (χ1v) is 8.42. The van der Waals surface area contributed by atoms with E-state index in [1.165, 1.54) is 26.0 Å². The molecule has 0 unspecified atom stereocenters. The van der Waals surface area contributed by atoms with Gasteiger partial charge in [-0.1, -0.05) is 42.5 Å². The third-order valence-corrected chi connectivity index (χ3v) is 6.15. The summed E-state index contributed by atoms with van der Waals surface area (Å²) in [5.74, 6) is -0.420. The van der Waals surface area contributed by atoms with Crippen LogP contribution in [0.15, 0.2) is 59.5 Å². The maximum Gasteiger partial charge on any atom is 0.190 e. The second kappa shape index (κ2) is 6.02. The number of benzene rings is 2.